The summed E-state index contributed by atoms with van der Waals surface area (Å²) in [4.78, 5) is 0. The standard InChI is InChI=1S/C19H27NO/c1-13(8-7-11-21)16-10-6-9-15-12-14(2)18(17(15)16)20-19(3,4)5/h6,9-10,12,20-21H,7-8,11H2,1-5H3. The van der Waals surface area contributed by atoms with E-state index in [0.29, 0.717) is 0 Å². The maximum absolute atomic E-state index is 9.06. The Balaban J connectivity index is 2.67. The summed E-state index contributed by atoms with van der Waals surface area (Å²) in [5, 5.41) is 15.3. The van der Waals surface area contributed by atoms with Gasteiger partial charge in [0, 0.05) is 23.1 Å². The number of nitrogens with one attached hydrogen (secondary N) is 1. The third-order valence-electron chi connectivity index (χ3n) is 3.78. The van der Waals surface area contributed by atoms with Gasteiger partial charge in [0.25, 0.3) is 0 Å². The van der Waals surface area contributed by atoms with Crippen LogP contribution in [-0.4, -0.2) is 17.3 Å². The maximum atomic E-state index is 9.06. The molecule has 0 spiro atoms. The SMILES string of the molecule is CC1=Cc2cccc(=C(C)CCCO)c2=C1NC(C)(C)C. The van der Waals surface area contributed by atoms with Gasteiger partial charge in [0.2, 0.25) is 0 Å². The number of hydrogen-bond acceptors (Lipinski definition) is 2. The highest BCUT2D eigenvalue weighted by molar-refractivity contribution is 5.80. The van der Waals surface area contributed by atoms with Gasteiger partial charge in [-0.2, -0.15) is 0 Å². The molecule has 2 heteroatoms. The molecule has 0 heterocycles. The van der Waals surface area contributed by atoms with Crippen molar-refractivity contribution in [2.24, 2.45) is 0 Å². The van der Waals surface area contributed by atoms with Crippen molar-refractivity contribution >= 4 is 17.3 Å². The summed E-state index contributed by atoms with van der Waals surface area (Å²) in [6, 6.07) is 6.50. The van der Waals surface area contributed by atoms with E-state index >= 15 is 0 Å². The fraction of sp³-hybridized carbons (Fsp3) is 0.474. The first-order chi connectivity index (χ1) is 9.83. The van der Waals surface area contributed by atoms with Gasteiger partial charge in [0.1, 0.15) is 0 Å². The van der Waals surface area contributed by atoms with Gasteiger partial charge in [0.15, 0.2) is 0 Å². The van der Waals surface area contributed by atoms with Crippen molar-refractivity contribution in [3.63, 3.8) is 0 Å². The zero-order chi connectivity index (χ0) is 15.6. The average Bonchev–Trinajstić information content (AvgIpc) is 2.70. The van der Waals surface area contributed by atoms with Crippen LogP contribution >= 0.6 is 0 Å². The summed E-state index contributed by atoms with van der Waals surface area (Å²) >= 11 is 0. The highest BCUT2D eigenvalue weighted by Crippen LogP contribution is 2.19. The lowest BCUT2D eigenvalue weighted by Gasteiger charge is -2.24. The molecule has 21 heavy (non-hydrogen) atoms. The molecule has 0 saturated heterocycles. The van der Waals surface area contributed by atoms with Crippen LogP contribution in [0.15, 0.2) is 23.8 Å². The second-order valence-corrected chi connectivity index (χ2v) is 6.95. The van der Waals surface area contributed by atoms with E-state index in [9.17, 15) is 0 Å². The quantitative estimate of drug-likeness (QED) is 0.891. The van der Waals surface area contributed by atoms with Crippen molar-refractivity contribution in [2.45, 2.75) is 53.0 Å². The van der Waals surface area contributed by atoms with Gasteiger partial charge in [-0.3, -0.25) is 0 Å². The maximum Gasteiger partial charge on any atom is 0.0459 e. The summed E-state index contributed by atoms with van der Waals surface area (Å²) < 4.78 is 0. The predicted molar refractivity (Wildman–Crippen MR) is 91.0 cm³/mol. The Kier molecular flexibility index (Phi) is 4.58. The number of aliphatic hydroxyl groups is 1. The van der Waals surface area contributed by atoms with Crippen molar-refractivity contribution in [3.8, 4) is 0 Å². The van der Waals surface area contributed by atoms with E-state index in [1.165, 1.54) is 32.8 Å². The smallest absolute Gasteiger partial charge is 0.0459 e. The van der Waals surface area contributed by atoms with Gasteiger partial charge in [-0.05, 0) is 69.9 Å². The van der Waals surface area contributed by atoms with Crippen molar-refractivity contribution < 1.29 is 5.11 Å². The lowest BCUT2D eigenvalue weighted by atomic mass is 10.0. The lowest BCUT2D eigenvalue weighted by Crippen LogP contribution is -2.40. The Bertz CT molecular complexity index is 674. The van der Waals surface area contributed by atoms with Crippen LogP contribution in [0.2, 0.25) is 0 Å². The summed E-state index contributed by atoms with van der Waals surface area (Å²) in [6.07, 6.45) is 4.02. The summed E-state index contributed by atoms with van der Waals surface area (Å²) in [7, 11) is 0. The number of rotatable bonds is 4. The molecule has 0 fully saturated rings. The van der Waals surface area contributed by atoms with Crippen molar-refractivity contribution in [1.82, 2.24) is 5.32 Å². The molecule has 0 aliphatic heterocycles. The number of benzene rings is 1. The molecule has 0 saturated carbocycles. The van der Waals surface area contributed by atoms with Crippen molar-refractivity contribution in [2.75, 3.05) is 6.61 Å². The molecule has 0 unspecified atom stereocenters. The predicted octanol–water partition coefficient (Wildman–Crippen LogP) is 2.54. The second kappa shape index (κ2) is 6.07. The van der Waals surface area contributed by atoms with Crippen LogP contribution in [0.25, 0.3) is 17.3 Å². The van der Waals surface area contributed by atoms with E-state index in [2.05, 4.69) is 64.2 Å². The van der Waals surface area contributed by atoms with E-state index < -0.39 is 0 Å². The molecule has 2 rings (SSSR count). The molecular weight excluding hydrogens is 258 g/mol. The second-order valence-electron chi connectivity index (χ2n) is 6.95. The van der Waals surface area contributed by atoms with Crippen molar-refractivity contribution in [1.29, 1.82) is 0 Å². The Morgan fingerprint density at radius 3 is 2.57 bits per heavy atom. The minimum atomic E-state index is 0.0398. The molecule has 0 aromatic heterocycles. The summed E-state index contributed by atoms with van der Waals surface area (Å²) in [6.45, 7) is 11.2. The molecule has 0 bridgehead atoms. The van der Waals surface area contributed by atoms with Crippen molar-refractivity contribution in [3.05, 3.63) is 39.8 Å². The number of hydrogen-bond donors (Lipinski definition) is 2. The third-order valence-corrected chi connectivity index (χ3v) is 3.78. The molecule has 2 nitrogen and oxygen atoms in total. The number of fused-ring (bicyclic) bond motifs is 1. The van der Waals surface area contributed by atoms with Gasteiger partial charge < -0.3 is 10.4 Å². The lowest BCUT2D eigenvalue weighted by molar-refractivity contribution is 0.290. The van der Waals surface area contributed by atoms with Gasteiger partial charge >= 0.3 is 0 Å². The van der Waals surface area contributed by atoms with E-state index in [1.54, 1.807) is 0 Å². The Labute approximate surface area is 127 Å². The molecule has 1 aromatic carbocycles. The molecule has 0 radical (unpaired) electrons. The van der Waals surface area contributed by atoms with E-state index in [0.717, 1.165) is 12.8 Å². The van der Waals surface area contributed by atoms with E-state index in [4.69, 9.17) is 5.11 Å². The summed E-state index contributed by atoms with van der Waals surface area (Å²) in [5.41, 5.74) is 5.22. The topological polar surface area (TPSA) is 32.3 Å². The molecule has 0 amide bonds. The first kappa shape index (κ1) is 15.8. The average molecular weight is 285 g/mol. The van der Waals surface area contributed by atoms with Gasteiger partial charge in [0.05, 0.1) is 0 Å². The zero-order valence-corrected chi connectivity index (χ0v) is 13.9. The molecule has 1 aliphatic carbocycles. The minimum Gasteiger partial charge on any atom is -0.396 e. The van der Waals surface area contributed by atoms with Crippen LogP contribution in [0.3, 0.4) is 0 Å². The highest BCUT2D eigenvalue weighted by Gasteiger charge is 2.18. The molecule has 114 valence electrons. The van der Waals surface area contributed by atoms with Gasteiger partial charge in [-0.25, -0.2) is 0 Å². The normalized spacial score (nSPS) is 15.7. The van der Waals surface area contributed by atoms with E-state index in [-0.39, 0.29) is 12.1 Å². The van der Waals surface area contributed by atoms with E-state index in [1.807, 2.05) is 0 Å². The van der Waals surface area contributed by atoms with Crippen LogP contribution in [0.4, 0.5) is 0 Å². The molecule has 1 aromatic rings. The fourth-order valence-corrected chi connectivity index (χ4v) is 2.84. The number of aliphatic hydroxyl groups excluding tert-OH is 1. The zero-order valence-electron chi connectivity index (χ0n) is 13.9. The van der Waals surface area contributed by atoms with Crippen LogP contribution in [0, 0.1) is 0 Å². The molecule has 1 aliphatic rings. The monoisotopic (exact) mass is 285 g/mol. The largest absolute Gasteiger partial charge is 0.396 e. The first-order valence-electron chi connectivity index (χ1n) is 7.74. The Morgan fingerprint density at radius 2 is 1.95 bits per heavy atom. The van der Waals surface area contributed by atoms with Crippen LogP contribution in [0.5, 0.6) is 0 Å². The van der Waals surface area contributed by atoms with Crippen LogP contribution in [-0.2, 0) is 0 Å². The molecule has 0 atom stereocenters. The molecular formula is C19H27NO. The van der Waals surface area contributed by atoms with Crippen LogP contribution < -0.4 is 15.8 Å². The Morgan fingerprint density at radius 1 is 1.24 bits per heavy atom. The minimum absolute atomic E-state index is 0.0398. The summed E-state index contributed by atoms with van der Waals surface area (Å²) in [5.74, 6) is 0. The van der Waals surface area contributed by atoms with Gasteiger partial charge in [-0.1, -0.05) is 23.8 Å². The van der Waals surface area contributed by atoms with Crippen LogP contribution in [0.1, 0.15) is 53.0 Å². The third kappa shape index (κ3) is 3.56. The molecule has 2 N–H and O–H groups in total. The highest BCUT2D eigenvalue weighted by atomic mass is 16.2. The van der Waals surface area contributed by atoms with Gasteiger partial charge in [-0.15, -0.1) is 0 Å². The first-order valence-corrected chi connectivity index (χ1v) is 7.74. The Hall–Kier alpha value is -1.54. The fourth-order valence-electron chi connectivity index (χ4n) is 2.84.